The van der Waals surface area contributed by atoms with Gasteiger partial charge in [0.1, 0.15) is 34.6 Å². The fourth-order valence-electron chi connectivity index (χ4n) is 2.98. The third-order valence-corrected chi connectivity index (χ3v) is 4.60. The predicted octanol–water partition coefficient (Wildman–Crippen LogP) is 7.26. The van der Waals surface area contributed by atoms with Crippen LogP contribution < -0.4 is 14.8 Å². The molecule has 0 unspecified atom stereocenters. The number of hydrogen-bond donors (Lipinski definition) is 1. The molecule has 4 rings (SSSR count). The van der Waals surface area contributed by atoms with E-state index in [9.17, 15) is 8.78 Å². The molecule has 4 aromatic rings. The molecule has 0 saturated heterocycles. The van der Waals surface area contributed by atoms with Crippen molar-refractivity contribution in [1.82, 2.24) is 5.32 Å². The molecule has 0 aliphatic heterocycles. The third kappa shape index (κ3) is 6.80. The van der Waals surface area contributed by atoms with Crippen molar-refractivity contribution in [3.8, 4) is 23.0 Å². The van der Waals surface area contributed by atoms with Crippen LogP contribution in [0.3, 0.4) is 0 Å². The Morgan fingerprint density at radius 2 is 0.750 bits per heavy atom. The average molecular weight is 454 g/mol. The lowest BCUT2D eigenvalue weighted by Crippen LogP contribution is -2.12. The Labute approximate surface area is 192 Å². The van der Waals surface area contributed by atoms with Crippen LogP contribution in [0.2, 0.25) is 0 Å². The molecule has 164 valence electrons. The van der Waals surface area contributed by atoms with Crippen molar-refractivity contribution in [1.29, 1.82) is 0 Å². The van der Waals surface area contributed by atoms with E-state index in [-0.39, 0.29) is 24.0 Å². The summed E-state index contributed by atoms with van der Waals surface area (Å²) >= 11 is 0. The Balaban J connectivity index is 0.00000289. The summed E-state index contributed by atoms with van der Waals surface area (Å²) in [4.78, 5) is 0. The number of benzene rings is 4. The second-order valence-electron chi connectivity index (χ2n) is 7.00. The molecular weight excluding hydrogens is 432 g/mol. The van der Waals surface area contributed by atoms with Gasteiger partial charge in [-0.1, -0.05) is 24.3 Å². The molecule has 0 fully saturated rings. The van der Waals surface area contributed by atoms with Gasteiger partial charge >= 0.3 is 0 Å². The van der Waals surface area contributed by atoms with E-state index in [4.69, 9.17) is 9.47 Å². The SMILES string of the molecule is Cl.Fc1ccc(Oc2ccc(CNCc3ccc(Oc4ccc(F)cc4)cc3)cc2)cc1. The lowest BCUT2D eigenvalue weighted by atomic mass is 10.2. The number of rotatable bonds is 8. The van der Waals surface area contributed by atoms with Crippen molar-refractivity contribution >= 4 is 12.4 Å². The largest absolute Gasteiger partial charge is 0.457 e. The van der Waals surface area contributed by atoms with Crippen LogP contribution >= 0.6 is 12.4 Å². The van der Waals surface area contributed by atoms with Crippen molar-refractivity contribution < 1.29 is 18.3 Å². The first kappa shape index (κ1) is 23.3. The molecule has 0 spiro atoms. The number of halogens is 3. The first-order valence-electron chi connectivity index (χ1n) is 9.89. The highest BCUT2D eigenvalue weighted by atomic mass is 35.5. The lowest BCUT2D eigenvalue weighted by molar-refractivity contribution is 0.480. The van der Waals surface area contributed by atoms with Gasteiger partial charge in [0.05, 0.1) is 0 Å². The van der Waals surface area contributed by atoms with Gasteiger partial charge in [0.25, 0.3) is 0 Å². The maximum atomic E-state index is 13.0. The van der Waals surface area contributed by atoms with Crippen LogP contribution in [0.15, 0.2) is 97.1 Å². The summed E-state index contributed by atoms with van der Waals surface area (Å²) < 4.78 is 37.3. The van der Waals surface area contributed by atoms with Gasteiger partial charge in [-0.3, -0.25) is 0 Å². The normalized spacial score (nSPS) is 10.3. The van der Waals surface area contributed by atoms with Gasteiger partial charge < -0.3 is 14.8 Å². The fraction of sp³-hybridized carbons (Fsp3) is 0.0769. The number of hydrogen-bond acceptors (Lipinski definition) is 3. The Hall–Kier alpha value is -3.41. The second-order valence-corrected chi connectivity index (χ2v) is 7.00. The molecule has 0 amide bonds. The van der Waals surface area contributed by atoms with Crippen molar-refractivity contribution in [2.45, 2.75) is 13.1 Å². The van der Waals surface area contributed by atoms with Gasteiger partial charge in [0.15, 0.2) is 0 Å². The molecular formula is C26H22ClF2NO2. The number of ether oxygens (including phenoxy) is 2. The smallest absolute Gasteiger partial charge is 0.127 e. The molecule has 0 heterocycles. The molecule has 1 N–H and O–H groups in total. The van der Waals surface area contributed by atoms with E-state index in [1.54, 1.807) is 24.3 Å². The average Bonchev–Trinajstić information content (AvgIpc) is 2.79. The van der Waals surface area contributed by atoms with Crippen molar-refractivity contribution in [3.05, 3.63) is 120 Å². The molecule has 32 heavy (non-hydrogen) atoms. The van der Waals surface area contributed by atoms with Crippen LogP contribution in [-0.4, -0.2) is 0 Å². The monoisotopic (exact) mass is 453 g/mol. The standard InChI is InChI=1S/C26H21F2NO2.ClH/c27-21-5-13-25(14-6-21)30-23-9-1-19(2-10-23)17-29-18-20-3-11-24(12-4-20)31-26-15-7-22(28)8-16-26;/h1-16,29H,17-18H2;1H. The van der Waals surface area contributed by atoms with Gasteiger partial charge in [-0.15, -0.1) is 12.4 Å². The molecule has 3 nitrogen and oxygen atoms in total. The van der Waals surface area contributed by atoms with E-state index < -0.39 is 0 Å². The Morgan fingerprint density at radius 1 is 0.469 bits per heavy atom. The maximum Gasteiger partial charge on any atom is 0.127 e. The summed E-state index contributed by atoms with van der Waals surface area (Å²) in [7, 11) is 0. The van der Waals surface area contributed by atoms with E-state index in [1.807, 2.05) is 48.5 Å². The molecule has 0 radical (unpaired) electrons. The zero-order valence-electron chi connectivity index (χ0n) is 17.1. The van der Waals surface area contributed by atoms with Crippen molar-refractivity contribution in [3.63, 3.8) is 0 Å². The summed E-state index contributed by atoms with van der Waals surface area (Å²) in [5.74, 6) is 2.02. The summed E-state index contributed by atoms with van der Waals surface area (Å²) in [6.45, 7) is 1.43. The highest BCUT2D eigenvalue weighted by Gasteiger charge is 2.01. The van der Waals surface area contributed by atoms with E-state index in [0.29, 0.717) is 36.1 Å². The molecule has 6 heteroatoms. The van der Waals surface area contributed by atoms with Crippen molar-refractivity contribution in [2.24, 2.45) is 0 Å². The quantitative estimate of drug-likeness (QED) is 0.304. The van der Waals surface area contributed by atoms with E-state index in [0.717, 1.165) is 11.1 Å². The molecule has 0 bridgehead atoms. The lowest BCUT2D eigenvalue weighted by Gasteiger charge is -2.09. The maximum absolute atomic E-state index is 13.0. The van der Waals surface area contributed by atoms with Gasteiger partial charge in [-0.2, -0.15) is 0 Å². The van der Waals surface area contributed by atoms with Crippen LogP contribution in [-0.2, 0) is 13.1 Å². The summed E-state index contributed by atoms with van der Waals surface area (Å²) in [6.07, 6.45) is 0. The van der Waals surface area contributed by atoms with Crippen LogP contribution in [0.5, 0.6) is 23.0 Å². The minimum atomic E-state index is -0.288. The Kier molecular flexibility index (Phi) is 8.20. The van der Waals surface area contributed by atoms with Crippen LogP contribution in [0, 0.1) is 11.6 Å². The fourth-order valence-corrected chi connectivity index (χ4v) is 2.98. The summed E-state index contributed by atoms with van der Waals surface area (Å²) in [5, 5.41) is 3.40. The first-order chi connectivity index (χ1) is 15.1. The van der Waals surface area contributed by atoms with Gasteiger partial charge in [0, 0.05) is 13.1 Å². The van der Waals surface area contributed by atoms with Gasteiger partial charge in [-0.05, 0) is 83.9 Å². The highest BCUT2D eigenvalue weighted by Crippen LogP contribution is 2.23. The van der Waals surface area contributed by atoms with E-state index in [2.05, 4.69) is 5.32 Å². The number of nitrogens with one attached hydrogen (secondary N) is 1. The Bertz CT molecular complexity index is 1010. The minimum Gasteiger partial charge on any atom is -0.457 e. The predicted molar refractivity (Wildman–Crippen MR) is 124 cm³/mol. The highest BCUT2D eigenvalue weighted by molar-refractivity contribution is 5.85. The molecule has 4 aromatic carbocycles. The van der Waals surface area contributed by atoms with E-state index >= 15 is 0 Å². The zero-order chi connectivity index (χ0) is 21.5. The molecule has 0 atom stereocenters. The van der Waals surface area contributed by atoms with Crippen LogP contribution in [0.25, 0.3) is 0 Å². The second kappa shape index (κ2) is 11.3. The van der Waals surface area contributed by atoms with Crippen LogP contribution in [0.1, 0.15) is 11.1 Å². The minimum absolute atomic E-state index is 0. The third-order valence-electron chi connectivity index (χ3n) is 4.60. The van der Waals surface area contributed by atoms with Crippen molar-refractivity contribution in [2.75, 3.05) is 0 Å². The molecule has 0 saturated carbocycles. The summed E-state index contributed by atoms with van der Waals surface area (Å²) in [6, 6.07) is 27.4. The first-order valence-corrected chi connectivity index (χ1v) is 9.89. The molecule has 0 aromatic heterocycles. The zero-order valence-corrected chi connectivity index (χ0v) is 17.9. The molecule has 0 aliphatic rings. The Morgan fingerprint density at radius 3 is 1.06 bits per heavy atom. The molecule has 0 aliphatic carbocycles. The van der Waals surface area contributed by atoms with E-state index in [1.165, 1.54) is 24.3 Å². The topological polar surface area (TPSA) is 30.5 Å². The summed E-state index contributed by atoms with van der Waals surface area (Å²) in [5.41, 5.74) is 2.26. The van der Waals surface area contributed by atoms with Crippen LogP contribution in [0.4, 0.5) is 8.78 Å². The van der Waals surface area contributed by atoms with Gasteiger partial charge in [-0.25, -0.2) is 8.78 Å². The van der Waals surface area contributed by atoms with Gasteiger partial charge in [0.2, 0.25) is 0 Å².